The third-order valence-electron chi connectivity index (χ3n) is 2.98. The van der Waals surface area contributed by atoms with Crippen LogP contribution in [0.3, 0.4) is 0 Å². The van der Waals surface area contributed by atoms with Gasteiger partial charge in [-0.2, -0.15) is 0 Å². The zero-order valence-corrected chi connectivity index (χ0v) is 10.8. The Morgan fingerprint density at radius 3 is 3.06 bits per heavy atom. The SMILES string of the molecule is CNC(=O)CNc1cc([C@H]2CCCN2)nc(C)n1. The Kier molecular flexibility index (Phi) is 4.09. The lowest BCUT2D eigenvalue weighted by Crippen LogP contribution is -2.26. The van der Waals surface area contributed by atoms with Gasteiger partial charge in [0.05, 0.1) is 12.2 Å². The number of rotatable bonds is 4. The van der Waals surface area contributed by atoms with Crippen LogP contribution < -0.4 is 16.0 Å². The summed E-state index contributed by atoms with van der Waals surface area (Å²) in [5, 5.41) is 8.98. The van der Waals surface area contributed by atoms with Crippen LogP contribution in [0.15, 0.2) is 6.07 Å². The molecule has 3 N–H and O–H groups in total. The first-order valence-corrected chi connectivity index (χ1v) is 6.22. The highest BCUT2D eigenvalue weighted by molar-refractivity contribution is 5.80. The molecule has 1 amide bonds. The number of likely N-dealkylation sites (N-methyl/N-ethyl adjacent to an activating group) is 1. The molecule has 0 saturated carbocycles. The first kappa shape index (κ1) is 12.8. The van der Waals surface area contributed by atoms with Gasteiger partial charge in [-0.15, -0.1) is 0 Å². The van der Waals surface area contributed by atoms with E-state index in [2.05, 4.69) is 25.9 Å². The van der Waals surface area contributed by atoms with Crippen molar-refractivity contribution in [2.45, 2.75) is 25.8 Å². The summed E-state index contributed by atoms with van der Waals surface area (Å²) < 4.78 is 0. The van der Waals surface area contributed by atoms with Crippen LogP contribution in [0.1, 0.15) is 30.4 Å². The quantitative estimate of drug-likeness (QED) is 0.718. The predicted molar refractivity (Wildman–Crippen MR) is 69.3 cm³/mol. The van der Waals surface area contributed by atoms with Gasteiger partial charge in [0.1, 0.15) is 11.6 Å². The number of nitrogens with zero attached hydrogens (tertiary/aromatic N) is 2. The molecule has 0 radical (unpaired) electrons. The van der Waals surface area contributed by atoms with Gasteiger partial charge >= 0.3 is 0 Å². The Labute approximate surface area is 107 Å². The molecule has 1 saturated heterocycles. The van der Waals surface area contributed by atoms with Crippen LogP contribution in [0.5, 0.6) is 0 Å². The molecule has 0 spiro atoms. The molecule has 98 valence electrons. The lowest BCUT2D eigenvalue weighted by molar-refractivity contribution is -0.118. The Balaban J connectivity index is 2.08. The fraction of sp³-hybridized carbons (Fsp3) is 0.583. The van der Waals surface area contributed by atoms with E-state index >= 15 is 0 Å². The maximum Gasteiger partial charge on any atom is 0.239 e. The number of aryl methyl sites for hydroxylation is 1. The van der Waals surface area contributed by atoms with Crippen molar-refractivity contribution < 1.29 is 4.79 Å². The molecule has 0 aromatic carbocycles. The molecular formula is C12H19N5O. The highest BCUT2D eigenvalue weighted by atomic mass is 16.1. The monoisotopic (exact) mass is 249 g/mol. The van der Waals surface area contributed by atoms with Crippen LogP contribution in [0.2, 0.25) is 0 Å². The van der Waals surface area contributed by atoms with Crippen LogP contribution in [-0.2, 0) is 4.79 Å². The van der Waals surface area contributed by atoms with Crippen LogP contribution in [0, 0.1) is 6.92 Å². The normalized spacial score (nSPS) is 18.7. The summed E-state index contributed by atoms with van der Waals surface area (Å²) in [5.41, 5.74) is 0.999. The van der Waals surface area contributed by atoms with Crippen LogP contribution in [-0.4, -0.2) is 36.0 Å². The second kappa shape index (κ2) is 5.77. The molecule has 6 nitrogen and oxygen atoms in total. The Morgan fingerprint density at radius 1 is 1.56 bits per heavy atom. The summed E-state index contributed by atoms with van der Waals surface area (Å²) in [4.78, 5) is 19.9. The van der Waals surface area contributed by atoms with Gasteiger partial charge in [0.15, 0.2) is 0 Å². The lowest BCUT2D eigenvalue weighted by Gasteiger charge is -2.12. The largest absolute Gasteiger partial charge is 0.361 e. The first-order valence-electron chi connectivity index (χ1n) is 6.22. The van der Waals surface area contributed by atoms with Crippen LogP contribution in [0.25, 0.3) is 0 Å². The molecule has 1 aromatic heterocycles. The van der Waals surface area contributed by atoms with Crippen molar-refractivity contribution in [1.82, 2.24) is 20.6 Å². The molecule has 6 heteroatoms. The van der Waals surface area contributed by atoms with Gasteiger partial charge in [-0.1, -0.05) is 0 Å². The molecule has 1 atom stereocenters. The third-order valence-corrected chi connectivity index (χ3v) is 2.98. The van der Waals surface area contributed by atoms with E-state index in [0.29, 0.717) is 11.9 Å². The summed E-state index contributed by atoms with van der Waals surface area (Å²) in [7, 11) is 1.61. The van der Waals surface area contributed by atoms with E-state index in [1.54, 1.807) is 7.05 Å². The lowest BCUT2D eigenvalue weighted by atomic mass is 10.1. The summed E-state index contributed by atoms with van der Waals surface area (Å²) >= 11 is 0. The van der Waals surface area contributed by atoms with Crippen molar-refractivity contribution in [2.75, 3.05) is 25.5 Å². The summed E-state index contributed by atoms with van der Waals surface area (Å²) in [6, 6.07) is 2.23. The Hall–Kier alpha value is -1.69. The van der Waals surface area contributed by atoms with E-state index in [9.17, 15) is 4.79 Å². The van der Waals surface area contributed by atoms with Gasteiger partial charge in [-0.3, -0.25) is 4.79 Å². The van der Waals surface area contributed by atoms with E-state index in [1.807, 2.05) is 13.0 Å². The van der Waals surface area contributed by atoms with E-state index in [4.69, 9.17) is 0 Å². The topological polar surface area (TPSA) is 78.9 Å². The summed E-state index contributed by atoms with van der Waals surface area (Å²) in [6.07, 6.45) is 2.28. The molecule has 1 fully saturated rings. The number of anilines is 1. The van der Waals surface area contributed by atoms with E-state index in [0.717, 1.165) is 24.5 Å². The molecule has 0 bridgehead atoms. The second-order valence-corrected chi connectivity index (χ2v) is 4.40. The first-order chi connectivity index (χ1) is 8.69. The average Bonchev–Trinajstić information content (AvgIpc) is 2.89. The van der Waals surface area contributed by atoms with Gasteiger partial charge < -0.3 is 16.0 Å². The van der Waals surface area contributed by atoms with Crippen molar-refractivity contribution >= 4 is 11.7 Å². The third kappa shape index (κ3) is 3.16. The zero-order chi connectivity index (χ0) is 13.0. The maximum atomic E-state index is 11.2. The smallest absolute Gasteiger partial charge is 0.239 e. The molecular weight excluding hydrogens is 230 g/mol. The number of aromatic nitrogens is 2. The Bertz CT molecular complexity index is 428. The standard InChI is InChI=1S/C12H19N5O/c1-8-16-10(9-4-3-5-14-9)6-11(17-8)15-7-12(18)13-2/h6,9,14H,3-5,7H2,1-2H3,(H,13,18)(H,15,16,17)/t9-/m1/s1. The summed E-state index contributed by atoms with van der Waals surface area (Å²) in [6.45, 7) is 3.13. The number of amides is 1. The highest BCUT2D eigenvalue weighted by Crippen LogP contribution is 2.22. The molecule has 1 aliphatic heterocycles. The molecule has 0 aliphatic carbocycles. The van der Waals surface area contributed by atoms with Crippen LogP contribution >= 0.6 is 0 Å². The number of carbonyl (C=O) groups is 1. The number of hydrogen-bond donors (Lipinski definition) is 3. The predicted octanol–water partition coefficient (Wildman–Crippen LogP) is 0.367. The molecule has 0 unspecified atom stereocenters. The summed E-state index contributed by atoms with van der Waals surface area (Å²) in [5.74, 6) is 1.36. The molecule has 2 heterocycles. The number of nitrogens with one attached hydrogen (secondary N) is 3. The van der Waals surface area contributed by atoms with Crippen molar-refractivity contribution in [3.05, 3.63) is 17.6 Å². The maximum absolute atomic E-state index is 11.2. The molecule has 2 rings (SSSR count). The average molecular weight is 249 g/mol. The fourth-order valence-corrected chi connectivity index (χ4v) is 2.06. The second-order valence-electron chi connectivity index (χ2n) is 4.40. The fourth-order valence-electron chi connectivity index (χ4n) is 2.06. The molecule has 18 heavy (non-hydrogen) atoms. The minimum atomic E-state index is -0.0631. The molecule has 1 aliphatic rings. The minimum absolute atomic E-state index is 0.0631. The van der Waals surface area contributed by atoms with E-state index in [1.165, 1.54) is 6.42 Å². The van der Waals surface area contributed by atoms with Crippen LogP contribution in [0.4, 0.5) is 5.82 Å². The number of carbonyl (C=O) groups excluding carboxylic acids is 1. The van der Waals surface area contributed by atoms with Crippen molar-refractivity contribution in [1.29, 1.82) is 0 Å². The van der Waals surface area contributed by atoms with Crippen molar-refractivity contribution in [3.63, 3.8) is 0 Å². The van der Waals surface area contributed by atoms with Gasteiger partial charge in [0.2, 0.25) is 5.91 Å². The Morgan fingerprint density at radius 2 is 2.39 bits per heavy atom. The van der Waals surface area contributed by atoms with Gasteiger partial charge in [-0.05, 0) is 26.3 Å². The van der Waals surface area contributed by atoms with Crippen molar-refractivity contribution in [3.8, 4) is 0 Å². The van der Waals surface area contributed by atoms with E-state index < -0.39 is 0 Å². The van der Waals surface area contributed by atoms with E-state index in [-0.39, 0.29) is 12.5 Å². The number of hydrogen-bond acceptors (Lipinski definition) is 5. The zero-order valence-electron chi connectivity index (χ0n) is 10.8. The molecule has 1 aromatic rings. The van der Waals surface area contributed by atoms with Gasteiger partial charge in [-0.25, -0.2) is 9.97 Å². The van der Waals surface area contributed by atoms with Gasteiger partial charge in [0, 0.05) is 19.2 Å². The van der Waals surface area contributed by atoms with Gasteiger partial charge in [0.25, 0.3) is 0 Å². The highest BCUT2D eigenvalue weighted by Gasteiger charge is 2.18. The minimum Gasteiger partial charge on any atom is -0.361 e. The van der Waals surface area contributed by atoms with Crippen molar-refractivity contribution in [2.24, 2.45) is 0 Å².